The van der Waals surface area contributed by atoms with E-state index in [4.69, 9.17) is 9.47 Å². The lowest BCUT2D eigenvalue weighted by atomic mass is 10.1. The number of ether oxygens (including phenoxy) is 2. The first-order chi connectivity index (χ1) is 15.0. The van der Waals surface area contributed by atoms with Crippen LogP contribution in [0.1, 0.15) is 61.3 Å². The Hall–Kier alpha value is -2.54. The van der Waals surface area contributed by atoms with Crippen LogP contribution in [0.4, 0.5) is 0 Å². The second-order valence-corrected chi connectivity index (χ2v) is 9.19. The Balaban J connectivity index is 1.30. The first-order valence-corrected chi connectivity index (χ1v) is 11.4. The van der Waals surface area contributed by atoms with Crippen molar-refractivity contribution in [2.24, 2.45) is 5.92 Å². The summed E-state index contributed by atoms with van der Waals surface area (Å²) < 4.78 is 11.7. The number of aromatic amines is 1. The summed E-state index contributed by atoms with van der Waals surface area (Å²) in [6.07, 6.45) is 5.14. The highest BCUT2D eigenvalue weighted by molar-refractivity contribution is 5.95. The molecule has 7 nitrogen and oxygen atoms in total. The standard InChI is InChI=1S/C24H34N4O3/c1-16(2)12-19-14-20(27-26-19)15-28-10-8-21(9-11-28)31-23-13-17(4-7-22(23)30-3)24(29)25-18-5-6-18/h4,7,13-14,16,18,21H,5-6,8-12,15H2,1-3H3,(H,25,29)(H,26,27). The number of nitrogens with zero attached hydrogens (tertiary/aromatic N) is 2. The van der Waals surface area contributed by atoms with E-state index in [1.54, 1.807) is 13.2 Å². The zero-order valence-corrected chi connectivity index (χ0v) is 18.8. The summed E-state index contributed by atoms with van der Waals surface area (Å²) in [7, 11) is 1.63. The predicted molar refractivity (Wildman–Crippen MR) is 120 cm³/mol. The smallest absolute Gasteiger partial charge is 0.251 e. The third-order valence-corrected chi connectivity index (χ3v) is 5.86. The average Bonchev–Trinajstić information content (AvgIpc) is 3.46. The number of rotatable bonds is 9. The molecular formula is C24H34N4O3. The highest BCUT2D eigenvalue weighted by Gasteiger charge is 2.25. The third-order valence-electron chi connectivity index (χ3n) is 5.86. The van der Waals surface area contributed by atoms with E-state index in [-0.39, 0.29) is 12.0 Å². The van der Waals surface area contributed by atoms with Crippen molar-refractivity contribution in [2.75, 3.05) is 20.2 Å². The molecular weight excluding hydrogens is 392 g/mol. The van der Waals surface area contributed by atoms with Gasteiger partial charge in [-0.1, -0.05) is 13.8 Å². The molecule has 0 unspecified atom stereocenters. The molecule has 1 aliphatic heterocycles. The molecule has 2 aliphatic rings. The molecule has 168 valence electrons. The quantitative estimate of drug-likeness (QED) is 0.641. The molecule has 1 aromatic heterocycles. The van der Waals surface area contributed by atoms with Gasteiger partial charge >= 0.3 is 0 Å². The molecule has 1 amide bonds. The number of carbonyl (C=O) groups excluding carboxylic acids is 1. The first-order valence-electron chi connectivity index (χ1n) is 11.4. The molecule has 2 heterocycles. The van der Waals surface area contributed by atoms with E-state index >= 15 is 0 Å². The fourth-order valence-electron chi connectivity index (χ4n) is 4.03. The fourth-order valence-corrected chi connectivity index (χ4v) is 4.03. The molecule has 1 aliphatic carbocycles. The molecule has 2 N–H and O–H groups in total. The van der Waals surface area contributed by atoms with Gasteiger partial charge in [-0.05, 0) is 62.3 Å². The molecule has 0 spiro atoms. The monoisotopic (exact) mass is 426 g/mol. The van der Waals surface area contributed by atoms with Gasteiger partial charge in [0.2, 0.25) is 0 Å². The van der Waals surface area contributed by atoms with Gasteiger partial charge < -0.3 is 14.8 Å². The summed E-state index contributed by atoms with van der Waals surface area (Å²) in [5.41, 5.74) is 2.93. The maximum atomic E-state index is 12.4. The Morgan fingerprint density at radius 1 is 1.19 bits per heavy atom. The second kappa shape index (κ2) is 9.73. The number of piperidine rings is 1. The van der Waals surface area contributed by atoms with Gasteiger partial charge in [0.15, 0.2) is 11.5 Å². The number of amides is 1. The van der Waals surface area contributed by atoms with Crippen molar-refractivity contribution < 1.29 is 14.3 Å². The first kappa shape index (κ1) is 21.7. The lowest BCUT2D eigenvalue weighted by Gasteiger charge is -2.32. The summed E-state index contributed by atoms with van der Waals surface area (Å²) in [5.74, 6) is 1.89. The number of hydrogen-bond acceptors (Lipinski definition) is 5. The van der Waals surface area contributed by atoms with E-state index in [2.05, 4.69) is 40.3 Å². The van der Waals surface area contributed by atoms with Crippen molar-refractivity contribution in [1.82, 2.24) is 20.4 Å². The lowest BCUT2D eigenvalue weighted by Crippen LogP contribution is -2.38. The van der Waals surface area contributed by atoms with Crippen LogP contribution in [0.25, 0.3) is 0 Å². The van der Waals surface area contributed by atoms with Crippen LogP contribution in [0.3, 0.4) is 0 Å². The normalized spacial score (nSPS) is 17.7. The van der Waals surface area contributed by atoms with Crippen LogP contribution < -0.4 is 14.8 Å². The SMILES string of the molecule is COc1ccc(C(=O)NC2CC2)cc1OC1CCN(Cc2cc(CC(C)C)n[nH]2)CC1. The summed E-state index contributed by atoms with van der Waals surface area (Å²) in [6.45, 7) is 7.24. The van der Waals surface area contributed by atoms with Crippen LogP contribution in [-0.2, 0) is 13.0 Å². The van der Waals surface area contributed by atoms with E-state index in [0.29, 0.717) is 29.0 Å². The van der Waals surface area contributed by atoms with Gasteiger partial charge in [0.25, 0.3) is 5.91 Å². The predicted octanol–water partition coefficient (Wildman–Crippen LogP) is 3.55. The topological polar surface area (TPSA) is 79.5 Å². The van der Waals surface area contributed by atoms with Crippen molar-refractivity contribution in [2.45, 2.75) is 64.6 Å². The van der Waals surface area contributed by atoms with Gasteiger partial charge in [-0.15, -0.1) is 0 Å². The highest BCUT2D eigenvalue weighted by atomic mass is 16.5. The number of carbonyl (C=O) groups is 1. The van der Waals surface area contributed by atoms with Crippen LogP contribution in [0.2, 0.25) is 0 Å². The van der Waals surface area contributed by atoms with E-state index in [9.17, 15) is 4.79 Å². The minimum absolute atomic E-state index is 0.0405. The summed E-state index contributed by atoms with van der Waals surface area (Å²) in [4.78, 5) is 14.8. The lowest BCUT2D eigenvalue weighted by molar-refractivity contribution is 0.0919. The van der Waals surface area contributed by atoms with Gasteiger partial charge in [0.1, 0.15) is 6.10 Å². The molecule has 2 fully saturated rings. The van der Waals surface area contributed by atoms with E-state index in [1.807, 2.05) is 12.1 Å². The van der Waals surface area contributed by atoms with Crippen LogP contribution in [-0.4, -0.2) is 53.3 Å². The van der Waals surface area contributed by atoms with Crippen molar-refractivity contribution >= 4 is 5.91 Å². The molecule has 7 heteroatoms. The maximum absolute atomic E-state index is 12.4. The summed E-state index contributed by atoms with van der Waals surface area (Å²) in [6, 6.07) is 7.94. The summed E-state index contributed by atoms with van der Waals surface area (Å²) in [5, 5.41) is 10.6. The number of hydrogen-bond donors (Lipinski definition) is 2. The van der Waals surface area contributed by atoms with Crippen molar-refractivity contribution in [3.05, 3.63) is 41.2 Å². The van der Waals surface area contributed by atoms with E-state index in [1.165, 1.54) is 5.69 Å². The molecule has 1 saturated heterocycles. The highest BCUT2D eigenvalue weighted by Crippen LogP contribution is 2.31. The largest absolute Gasteiger partial charge is 0.493 e. The van der Waals surface area contributed by atoms with Crippen molar-refractivity contribution in [3.8, 4) is 11.5 Å². The van der Waals surface area contributed by atoms with Crippen LogP contribution in [0, 0.1) is 5.92 Å². The molecule has 2 aromatic rings. The van der Waals surface area contributed by atoms with Crippen LogP contribution in [0.15, 0.2) is 24.3 Å². The molecule has 1 aromatic carbocycles. The zero-order chi connectivity index (χ0) is 21.8. The van der Waals surface area contributed by atoms with Gasteiger partial charge in [0, 0.05) is 36.9 Å². The Bertz CT molecular complexity index is 883. The second-order valence-electron chi connectivity index (χ2n) is 9.19. The molecule has 0 atom stereocenters. The van der Waals surface area contributed by atoms with Gasteiger partial charge in [0.05, 0.1) is 12.8 Å². The molecule has 1 saturated carbocycles. The Morgan fingerprint density at radius 2 is 1.97 bits per heavy atom. The van der Waals surface area contributed by atoms with Gasteiger partial charge in [-0.25, -0.2) is 0 Å². The van der Waals surface area contributed by atoms with E-state index in [0.717, 1.165) is 57.4 Å². The molecule has 4 rings (SSSR count). The average molecular weight is 427 g/mol. The Labute approximate surface area is 184 Å². The number of nitrogens with one attached hydrogen (secondary N) is 2. The third kappa shape index (κ3) is 6.00. The molecule has 0 bridgehead atoms. The fraction of sp³-hybridized carbons (Fsp3) is 0.583. The minimum atomic E-state index is -0.0405. The number of methoxy groups -OCH3 is 1. The molecule has 31 heavy (non-hydrogen) atoms. The Morgan fingerprint density at radius 3 is 2.65 bits per heavy atom. The minimum Gasteiger partial charge on any atom is -0.493 e. The van der Waals surface area contributed by atoms with Crippen molar-refractivity contribution in [1.29, 1.82) is 0 Å². The maximum Gasteiger partial charge on any atom is 0.251 e. The van der Waals surface area contributed by atoms with Gasteiger partial charge in [-0.2, -0.15) is 5.10 Å². The van der Waals surface area contributed by atoms with E-state index < -0.39 is 0 Å². The number of likely N-dealkylation sites (tertiary alicyclic amines) is 1. The van der Waals surface area contributed by atoms with Crippen molar-refractivity contribution in [3.63, 3.8) is 0 Å². The van der Waals surface area contributed by atoms with Crippen LogP contribution in [0.5, 0.6) is 11.5 Å². The zero-order valence-electron chi connectivity index (χ0n) is 18.8. The number of benzene rings is 1. The molecule has 0 radical (unpaired) electrons. The summed E-state index contributed by atoms with van der Waals surface area (Å²) >= 11 is 0. The van der Waals surface area contributed by atoms with Gasteiger partial charge in [-0.3, -0.25) is 14.8 Å². The Kier molecular flexibility index (Phi) is 6.80. The van der Waals surface area contributed by atoms with Crippen LogP contribution >= 0.6 is 0 Å². The number of H-pyrrole nitrogens is 1. The number of aromatic nitrogens is 2.